The van der Waals surface area contributed by atoms with Crippen LogP contribution in [0.3, 0.4) is 0 Å². The molecule has 0 aliphatic carbocycles. The summed E-state index contributed by atoms with van der Waals surface area (Å²) in [6, 6.07) is 4.22. The highest BCUT2D eigenvalue weighted by Gasteiger charge is 2.25. The first kappa shape index (κ1) is 17.0. The largest absolute Gasteiger partial charge is 0.478 e. The summed E-state index contributed by atoms with van der Waals surface area (Å²) in [6.45, 7) is 1.41. The van der Waals surface area contributed by atoms with Crippen molar-refractivity contribution in [1.29, 1.82) is 0 Å². The SMILES string of the molecule is CC(=O)SCCC(O)C(O)c1c(Cl)cccc1C(=O)O. The summed E-state index contributed by atoms with van der Waals surface area (Å²) in [4.78, 5) is 21.9. The van der Waals surface area contributed by atoms with Crippen LogP contribution >= 0.6 is 23.4 Å². The molecule has 0 amide bonds. The van der Waals surface area contributed by atoms with Gasteiger partial charge in [0.15, 0.2) is 5.12 Å². The maximum absolute atomic E-state index is 11.1. The number of halogens is 1. The van der Waals surface area contributed by atoms with E-state index in [2.05, 4.69) is 0 Å². The fourth-order valence-corrected chi connectivity index (χ4v) is 2.63. The van der Waals surface area contributed by atoms with E-state index in [-0.39, 0.29) is 27.7 Å². The third-order valence-electron chi connectivity index (χ3n) is 2.66. The lowest BCUT2D eigenvalue weighted by molar-refractivity contribution is -0.109. The summed E-state index contributed by atoms with van der Waals surface area (Å²) in [5.41, 5.74) is -0.162. The van der Waals surface area contributed by atoms with Gasteiger partial charge in [0.1, 0.15) is 6.10 Å². The van der Waals surface area contributed by atoms with Gasteiger partial charge in [-0.1, -0.05) is 29.4 Å². The van der Waals surface area contributed by atoms with E-state index in [1.165, 1.54) is 25.1 Å². The molecule has 5 nitrogen and oxygen atoms in total. The Morgan fingerprint density at radius 1 is 1.35 bits per heavy atom. The predicted octanol–water partition coefficient (Wildman–Crippen LogP) is 2.10. The summed E-state index contributed by atoms with van der Waals surface area (Å²) in [6.07, 6.45) is -2.46. The van der Waals surface area contributed by atoms with Crippen molar-refractivity contribution in [2.24, 2.45) is 0 Å². The number of carboxylic acids is 1. The van der Waals surface area contributed by atoms with Crippen LogP contribution < -0.4 is 0 Å². The van der Waals surface area contributed by atoms with Crippen LogP contribution in [-0.4, -0.2) is 38.3 Å². The van der Waals surface area contributed by atoms with Gasteiger partial charge in [0.25, 0.3) is 0 Å². The van der Waals surface area contributed by atoms with Crippen molar-refractivity contribution in [3.05, 3.63) is 34.3 Å². The summed E-state index contributed by atoms with van der Waals surface area (Å²) in [5, 5.41) is 29.0. The topological polar surface area (TPSA) is 94.8 Å². The number of carbonyl (C=O) groups excluding carboxylic acids is 1. The first-order chi connectivity index (χ1) is 9.34. The average molecular weight is 319 g/mol. The third kappa shape index (κ3) is 4.49. The molecule has 0 aliphatic heterocycles. The number of hydrogen-bond acceptors (Lipinski definition) is 5. The zero-order valence-corrected chi connectivity index (χ0v) is 12.3. The minimum absolute atomic E-state index is 0.0120. The van der Waals surface area contributed by atoms with Gasteiger partial charge in [0, 0.05) is 23.3 Å². The molecule has 110 valence electrons. The highest BCUT2D eigenvalue weighted by atomic mass is 35.5. The molecule has 1 aromatic rings. The smallest absolute Gasteiger partial charge is 0.336 e. The van der Waals surface area contributed by atoms with Crippen LogP contribution in [0.25, 0.3) is 0 Å². The number of aromatic carboxylic acids is 1. The second kappa shape index (κ2) is 7.64. The number of aliphatic hydroxyl groups is 2. The van der Waals surface area contributed by atoms with Gasteiger partial charge >= 0.3 is 5.97 Å². The number of hydrogen-bond donors (Lipinski definition) is 3. The van der Waals surface area contributed by atoms with Crippen molar-refractivity contribution in [3.63, 3.8) is 0 Å². The molecule has 0 radical (unpaired) electrons. The highest BCUT2D eigenvalue weighted by molar-refractivity contribution is 8.13. The first-order valence-electron chi connectivity index (χ1n) is 5.85. The van der Waals surface area contributed by atoms with Crippen LogP contribution in [-0.2, 0) is 4.79 Å². The summed E-state index contributed by atoms with van der Waals surface area (Å²) >= 11 is 6.93. The lowest BCUT2D eigenvalue weighted by Gasteiger charge is -2.20. The molecule has 3 N–H and O–H groups in total. The third-order valence-corrected chi connectivity index (χ3v) is 3.84. The molecular formula is C13H15ClO5S. The van der Waals surface area contributed by atoms with Gasteiger partial charge in [-0.25, -0.2) is 4.79 Å². The Labute approximate surface area is 125 Å². The second-order valence-corrected chi connectivity index (χ2v) is 5.83. The molecule has 1 rings (SSSR count). The van der Waals surface area contributed by atoms with Crippen LogP contribution in [0.4, 0.5) is 0 Å². The average Bonchev–Trinajstić information content (AvgIpc) is 2.36. The van der Waals surface area contributed by atoms with E-state index in [0.29, 0.717) is 5.75 Å². The minimum atomic E-state index is -1.41. The Bertz CT molecular complexity index is 506. The van der Waals surface area contributed by atoms with Gasteiger partial charge in [0.2, 0.25) is 0 Å². The molecule has 0 fully saturated rings. The Balaban J connectivity index is 2.88. The van der Waals surface area contributed by atoms with Gasteiger partial charge in [-0.3, -0.25) is 4.79 Å². The lowest BCUT2D eigenvalue weighted by atomic mass is 9.97. The maximum Gasteiger partial charge on any atom is 0.336 e. The molecule has 1 aromatic carbocycles. The predicted molar refractivity (Wildman–Crippen MR) is 77.1 cm³/mol. The molecule has 0 heterocycles. The van der Waals surface area contributed by atoms with Crippen molar-refractivity contribution < 1.29 is 24.9 Å². The lowest BCUT2D eigenvalue weighted by Crippen LogP contribution is -2.22. The van der Waals surface area contributed by atoms with Crippen molar-refractivity contribution in [3.8, 4) is 0 Å². The fourth-order valence-electron chi connectivity index (χ4n) is 1.70. The summed E-state index contributed by atoms with van der Waals surface area (Å²) < 4.78 is 0. The van der Waals surface area contributed by atoms with Crippen molar-refractivity contribution >= 4 is 34.4 Å². The Morgan fingerprint density at radius 3 is 2.55 bits per heavy atom. The number of thioether (sulfide) groups is 1. The van der Waals surface area contributed by atoms with E-state index >= 15 is 0 Å². The highest BCUT2D eigenvalue weighted by Crippen LogP contribution is 2.30. The quantitative estimate of drug-likeness (QED) is 0.743. The monoisotopic (exact) mass is 318 g/mol. The molecule has 2 atom stereocenters. The molecule has 0 aromatic heterocycles. The van der Waals surface area contributed by atoms with Gasteiger partial charge in [-0.15, -0.1) is 0 Å². The zero-order chi connectivity index (χ0) is 15.3. The molecule has 0 bridgehead atoms. The van der Waals surface area contributed by atoms with Gasteiger partial charge in [-0.2, -0.15) is 0 Å². The molecule has 7 heteroatoms. The number of rotatable bonds is 6. The summed E-state index contributed by atoms with van der Waals surface area (Å²) in [7, 11) is 0. The van der Waals surface area contributed by atoms with Crippen molar-refractivity contribution in [1.82, 2.24) is 0 Å². The van der Waals surface area contributed by atoms with Gasteiger partial charge < -0.3 is 15.3 Å². The van der Waals surface area contributed by atoms with Crippen LogP contribution in [0, 0.1) is 0 Å². The molecule has 0 saturated heterocycles. The fraction of sp³-hybridized carbons (Fsp3) is 0.385. The van der Waals surface area contributed by atoms with E-state index < -0.39 is 18.2 Å². The van der Waals surface area contributed by atoms with Gasteiger partial charge in [0.05, 0.1) is 11.7 Å². The van der Waals surface area contributed by atoms with Crippen molar-refractivity contribution in [2.75, 3.05) is 5.75 Å². The molecule has 0 spiro atoms. The van der Waals surface area contributed by atoms with Crippen LogP contribution in [0.5, 0.6) is 0 Å². The molecular weight excluding hydrogens is 304 g/mol. The number of benzene rings is 1. The number of carbonyl (C=O) groups is 2. The van der Waals surface area contributed by atoms with Crippen LogP contribution in [0.1, 0.15) is 35.4 Å². The molecule has 0 aliphatic rings. The first-order valence-corrected chi connectivity index (χ1v) is 7.22. The van der Waals surface area contributed by atoms with E-state index in [4.69, 9.17) is 16.7 Å². The van der Waals surface area contributed by atoms with E-state index in [9.17, 15) is 19.8 Å². The molecule has 20 heavy (non-hydrogen) atoms. The van der Waals surface area contributed by atoms with Gasteiger partial charge in [-0.05, 0) is 18.6 Å². The van der Waals surface area contributed by atoms with Crippen molar-refractivity contribution in [2.45, 2.75) is 25.6 Å². The van der Waals surface area contributed by atoms with Crippen LogP contribution in [0.2, 0.25) is 5.02 Å². The molecule has 0 saturated carbocycles. The Kier molecular flexibility index (Phi) is 6.48. The Hall–Kier alpha value is -1.08. The molecule has 2 unspecified atom stereocenters. The van der Waals surface area contributed by atoms with E-state index in [0.717, 1.165) is 11.8 Å². The number of carboxylic acid groups (broad SMARTS) is 1. The standard InChI is InChI=1S/C13H15ClO5S/c1-7(15)20-6-5-10(16)12(17)11-8(13(18)19)3-2-4-9(11)14/h2-4,10,12,16-17H,5-6H2,1H3,(H,18,19). The number of aliphatic hydroxyl groups excluding tert-OH is 2. The van der Waals surface area contributed by atoms with E-state index in [1.807, 2.05) is 0 Å². The maximum atomic E-state index is 11.1. The van der Waals surface area contributed by atoms with E-state index in [1.54, 1.807) is 0 Å². The zero-order valence-electron chi connectivity index (χ0n) is 10.7. The second-order valence-electron chi connectivity index (χ2n) is 4.15. The Morgan fingerprint density at radius 2 is 2.00 bits per heavy atom. The summed E-state index contributed by atoms with van der Waals surface area (Å²) in [5.74, 6) is -0.896. The normalized spacial score (nSPS) is 13.8. The minimum Gasteiger partial charge on any atom is -0.478 e. The van der Waals surface area contributed by atoms with Crippen LogP contribution in [0.15, 0.2) is 18.2 Å².